The molecule has 0 amide bonds. The average molecular weight is 353 g/mol. The van der Waals surface area contributed by atoms with Crippen LogP contribution in [0, 0.1) is 11.3 Å². The maximum Gasteiger partial charge on any atom is 0.223 e. The highest BCUT2D eigenvalue weighted by atomic mass is 35.5. The lowest BCUT2D eigenvalue weighted by Crippen LogP contribution is -2.14. The van der Waals surface area contributed by atoms with Crippen LogP contribution in [0.2, 0.25) is 15.1 Å². The number of anilines is 1. The Morgan fingerprint density at radius 2 is 1.73 bits per heavy atom. The molecule has 0 radical (unpaired) electrons. The zero-order valence-electron chi connectivity index (χ0n) is 11.0. The van der Waals surface area contributed by atoms with Crippen LogP contribution in [0.15, 0.2) is 47.6 Å². The summed E-state index contributed by atoms with van der Waals surface area (Å²) in [5.41, 5.74) is 3.02. The van der Waals surface area contributed by atoms with E-state index in [2.05, 4.69) is 10.5 Å². The number of nitriles is 1. The molecule has 7 heteroatoms. The van der Waals surface area contributed by atoms with Crippen molar-refractivity contribution in [2.45, 2.75) is 0 Å². The molecular weight excluding hydrogens is 345 g/mol. The molecule has 0 unspecified atom stereocenters. The Kier molecular flexibility index (Phi) is 5.40. The van der Waals surface area contributed by atoms with Gasteiger partial charge in [0.1, 0.15) is 6.07 Å². The molecule has 0 aliphatic heterocycles. The minimum Gasteiger partial charge on any atom is -0.286 e. The SMILES string of the molecule is N#C/C(=N\Nc1cc(Cl)cc(Cl)c1)C(=O)c1cccc(Cl)c1. The van der Waals surface area contributed by atoms with Gasteiger partial charge in [-0.2, -0.15) is 10.4 Å². The Morgan fingerprint density at radius 1 is 1.05 bits per heavy atom. The van der Waals surface area contributed by atoms with Crippen molar-refractivity contribution in [1.29, 1.82) is 5.26 Å². The number of Topliss-reactive ketones (excluding diaryl/α,β-unsaturated/α-hetero) is 1. The fourth-order valence-corrected chi connectivity index (χ4v) is 2.35. The van der Waals surface area contributed by atoms with E-state index < -0.39 is 5.78 Å². The lowest BCUT2D eigenvalue weighted by atomic mass is 10.1. The Morgan fingerprint density at radius 3 is 2.32 bits per heavy atom. The molecule has 0 fully saturated rings. The van der Waals surface area contributed by atoms with Crippen molar-refractivity contribution >= 4 is 52.0 Å². The second-order valence-corrected chi connectivity index (χ2v) is 5.49. The van der Waals surface area contributed by atoms with E-state index in [4.69, 9.17) is 40.1 Å². The van der Waals surface area contributed by atoms with Gasteiger partial charge in [-0.25, -0.2) is 0 Å². The second-order valence-electron chi connectivity index (χ2n) is 4.18. The van der Waals surface area contributed by atoms with Crippen LogP contribution in [-0.2, 0) is 0 Å². The van der Waals surface area contributed by atoms with Crippen LogP contribution in [0.5, 0.6) is 0 Å². The molecule has 0 aliphatic carbocycles. The summed E-state index contributed by atoms with van der Waals surface area (Å²) < 4.78 is 0. The third-order valence-electron chi connectivity index (χ3n) is 2.57. The first-order chi connectivity index (χ1) is 10.5. The predicted molar refractivity (Wildman–Crippen MR) is 88.9 cm³/mol. The number of nitrogens with one attached hydrogen (secondary N) is 1. The van der Waals surface area contributed by atoms with Gasteiger partial charge in [0, 0.05) is 20.6 Å². The number of nitrogens with zero attached hydrogens (tertiary/aromatic N) is 2. The zero-order valence-corrected chi connectivity index (χ0v) is 13.2. The normalized spacial score (nSPS) is 10.9. The molecule has 0 bridgehead atoms. The molecule has 2 aromatic carbocycles. The van der Waals surface area contributed by atoms with Crippen molar-refractivity contribution in [2.24, 2.45) is 5.10 Å². The van der Waals surface area contributed by atoms with E-state index in [-0.39, 0.29) is 11.3 Å². The summed E-state index contributed by atoms with van der Waals surface area (Å²) in [6.07, 6.45) is 0. The van der Waals surface area contributed by atoms with Gasteiger partial charge in [0.2, 0.25) is 11.5 Å². The Bertz CT molecular complexity index is 777. The van der Waals surface area contributed by atoms with Crippen molar-refractivity contribution in [3.63, 3.8) is 0 Å². The van der Waals surface area contributed by atoms with Crippen molar-refractivity contribution in [1.82, 2.24) is 0 Å². The molecule has 2 aromatic rings. The third kappa shape index (κ3) is 4.22. The van der Waals surface area contributed by atoms with Gasteiger partial charge in [-0.3, -0.25) is 10.2 Å². The summed E-state index contributed by atoms with van der Waals surface area (Å²) in [7, 11) is 0. The van der Waals surface area contributed by atoms with Crippen molar-refractivity contribution in [3.8, 4) is 6.07 Å². The average Bonchev–Trinajstić information content (AvgIpc) is 2.46. The van der Waals surface area contributed by atoms with Gasteiger partial charge < -0.3 is 0 Å². The quantitative estimate of drug-likeness (QED) is 0.487. The standard InChI is InChI=1S/C15H8Cl3N3O/c16-10-3-1-2-9(4-10)15(22)14(8-19)21-20-13-6-11(17)5-12(18)7-13/h1-7,20H/b21-14+. The number of hydrogen-bond donors (Lipinski definition) is 1. The van der Waals surface area contributed by atoms with E-state index in [1.165, 1.54) is 6.07 Å². The molecule has 0 aromatic heterocycles. The van der Waals surface area contributed by atoms with Crippen molar-refractivity contribution in [2.75, 3.05) is 5.43 Å². The van der Waals surface area contributed by atoms with Crippen LogP contribution in [0.25, 0.3) is 0 Å². The largest absolute Gasteiger partial charge is 0.286 e. The molecule has 1 N–H and O–H groups in total. The van der Waals surface area contributed by atoms with Gasteiger partial charge in [0.25, 0.3) is 0 Å². The van der Waals surface area contributed by atoms with E-state index >= 15 is 0 Å². The van der Waals surface area contributed by atoms with E-state index in [1.54, 1.807) is 42.5 Å². The highest BCUT2D eigenvalue weighted by Crippen LogP contribution is 2.22. The van der Waals surface area contributed by atoms with Gasteiger partial charge in [-0.05, 0) is 30.3 Å². The Hall–Kier alpha value is -2.06. The van der Waals surface area contributed by atoms with Crippen LogP contribution >= 0.6 is 34.8 Å². The first-order valence-corrected chi connectivity index (χ1v) is 7.13. The number of ketones is 1. The first-order valence-electron chi connectivity index (χ1n) is 6.00. The van der Waals surface area contributed by atoms with E-state index in [0.29, 0.717) is 20.8 Å². The monoisotopic (exact) mass is 351 g/mol. The lowest BCUT2D eigenvalue weighted by molar-refractivity contribution is 0.106. The van der Waals surface area contributed by atoms with Gasteiger partial charge in [-0.15, -0.1) is 0 Å². The number of carbonyl (C=O) groups is 1. The molecule has 4 nitrogen and oxygen atoms in total. The summed E-state index contributed by atoms with van der Waals surface area (Å²) in [5.74, 6) is -0.536. The summed E-state index contributed by atoms with van der Waals surface area (Å²) >= 11 is 17.5. The molecule has 0 saturated carbocycles. The van der Waals surface area contributed by atoms with Crippen LogP contribution < -0.4 is 5.43 Å². The number of halogens is 3. The molecule has 0 aliphatic rings. The highest BCUT2D eigenvalue weighted by Gasteiger charge is 2.14. The number of hydrogen-bond acceptors (Lipinski definition) is 4. The van der Waals surface area contributed by atoms with Crippen molar-refractivity contribution < 1.29 is 4.79 Å². The lowest BCUT2D eigenvalue weighted by Gasteiger charge is -2.03. The molecule has 0 heterocycles. The summed E-state index contributed by atoms with van der Waals surface area (Å²) in [5, 5.41) is 14.1. The first kappa shape index (κ1) is 16.3. The smallest absolute Gasteiger partial charge is 0.223 e. The number of rotatable bonds is 4. The van der Waals surface area contributed by atoms with E-state index in [9.17, 15) is 4.79 Å². The maximum atomic E-state index is 12.2. The van der Waals surface area contributed by atoms with Gasteiger partial charge in [0.05, 0.1) is 5.69 Å². The number of carbonyl (C=O) groups excluding carboxylic acids is 1. The van der Waals surface area contributed by atoms with Crippen LogP contribution in [0.3, 0.4) is 0 Å². The third-order valence-corrected chi connectivity index (χ3v) is 3.24. The highest BCUT2D eigenvalue weighted by molar-refractivity contribution is 6.51. The molecule has 22 heavy (non-hydrogen) atoms. The minimum absolute atomic E-state index is 0.277. The maximum absolute atomic E-state index is 12.2. The van der Waals surface area contributed by atoms with Gasteiger partial charge >= 0.3 is 0 Å². The second kappa shape index (κ2) is 7.28. The van der Waals surface area contributed by atoms with Crippen molar-refractivity contribution in [3.05, 3.63) is 63.1 Å². The van der Waals surface area contributed by atoms with Crippen LogP contribution in [0.4, 0.5) is 5.69 Å². The topological polar surface area (TPSA) is 65.2 Å². The van der Waals surface area contributed by atoms with E-state index in [0.717, 1.165) is 0 Å². The fourth-order valence-electron chi connectivity index (χ4n) is 1.63. The Labute approximate surface area is 141 Å². The molecule has 110 valence electrons. The zero-order chi connectivity index (χ0) is 16.1. The molecule has 0 saturated heterocycles. The number of hydrazone groups is 1. The molecule has 0 atom stereocenters. The number of benzene rings is 2. The predicted octanol–water partition coefficient (Wildman–Crippen LogP) is 4.82. The summed E-state index contributed by atoms with van der Waals surface area (Å²) in [6, 6.07) is 12.7. The molecular formula is C15H8Cl3N3O. The Balaban J connectivity index is 2.24. The van der Waals surface area contributed by atoms with E-state index in [1.807, 2.05) is 0 Å². The van der Waals surface area contributed by atoms with Crippen LogP contribution in [0.1, 0.15) is 10.4 Å². The van der Waals surface area contributed by atoms with Gasteiger partial charge in [0.15, 0.2) is 0 Å². The molecule has 2 rings (SSSR count). The fraction of sp³-hybridized carbons (Fsp3) is 0. The minimum atomic E-state index is -0.536. The summed E-state index contributed by atoms with van der Waals surface area (Å²) in [4.78, 5) is 12.2. The van der Waals surface area contributed by atoms with Gasteiger partial charge in [-0.1, -0.05) is 46.9 Å². The molecule has 0 spiro atoms. The summed E-state index contributed by atoms with van der Waals surface area (Å²) in [6.45, 7) is 0. The van der Waals surface area contributed by atoms with Crippen LogP contribution in [-0.4, -0.2) is 11.5 Å².